The number of urea groups is 1. The van der Waals surface area contributed by atoms with Crippen molar-refractivity contribution in [1.29, 1.82) is 0 Å². The molecule has 2 unspecified atom stereocenters. The number of carbonyl (C=O) groups is 2. The number of aliphatic carboxylic acids is 1. The number of carboxylic acid groups (broad SMARTS) is 1. The summed E-state index contributed by atoms with van der Waals surface area (Å²) in [6, 6.07) is -1.86. The van der Waals surface area contributed by atoms with Crippen LogP contribution in [0.1, 0.15) is 30.9 Å². The number of piperidine rings is 1. The first-order valence-electron chi connectivity index (χ1n) is 6.92. The van der Waals surface area contributed by atoms with Crippen LogP contribution in [0.25, 0.3) is 0 Å². The van der Waals surface area contributed by atoms with Gasteiger partial charge in [0.1, 0.15) is 0 Å². The van der Waals surface area contributed by atoms with E-state index < -0.39 is 18.0 Å². The van der Waals surface area contributed by atoms with Crippen LogP contribution in [0.2, 0.25) is 0 Å². The Morgan fingerprint density at radius 1 is 1.52 bits per heavy atom. The second-order valence-corrected chi connectivity index (χ2v) is 5.19. The van der Waals surface area contributed by atoms with Crippen LogP contribution in [0.4, 0.5) is 4.79 Å². The van der Waals surface area contributed by atoms with Gasteiger partial charge in [0.2, 0.25) is 0 Å². The highest BCUT2D eigenvalue weighted by atomic mass is 16.4. The van der Waals surface area contributed by atoms with E-state index in [-0.39, 0.29) is 12.6 Å². The van der Waals surface area contributed by atoms with Crippen molar-refractivity contribution in [3.8, 4) is 0 Å². The number of nitrogens with zero attached hydrogens (tertiary/aromatic N) is 3. The third-order valence-electron chi connectivity index (χ3n) is 3.67. The average Bonchev–Trinajstić information content (AvgIpc) is 2.90. The topological polar surface area (TPSA) is 108 Å². The van der Waals surface area contributed by atoms with Crippen LogP contribution in [0.5, 0.6) is 0 Å². The molecule has 2 amide bonds. The molecule has 1 aromatic heterocycles. The van der Waals surface area contributed by atoms with Gasteiger partial charge in [-0.15, -0.1) is 0 Å². The fourth-order valence-electron chi connectivity index (χ4n) is 2.54. The Kier molecular flexibility index (Phi) is 4.79. The van der Waals surface area contributed by atoms with E-state index in [1.165, 1.54) is 15.8 Å². The number of aliphatic hydroxyl groups is 1. The Morgan fingerprint density at radius 3 is 2.86 bits per heavy atom. The third kappa shape index (κ3) is 3.52. The maximum Gasteiger partial charge on any atom is 0.331 e. The lowest BCUT2D eigenvalue weighted by Crippen LogP contribution is -2.51. The molecule has 0 spiro atoms. The highest BCUT2D eigenvalue weighted by Crippen LogP contribution is 2.18. The minimum Gasteiger partial charge on any atom is -0.479 e. The van der Waals surface area contributed by atoms with Gasteiger partial charge in [-0.05, 0) is 19.3 Å². The number of aryl methyl sites for hydroxylation is 1. The van der Waals surface area contributed by atoms with Gasteiger partial charge in [-0.3, -0.25) is 4.68 Å². The van der Waals surface area contributed by atoms with Gasteiger partial charge >= 0.3 is 12.0 Å². The number of rotatable bonds is 4. The molecule has 3 N–H and O–H groups in total. The number of carboxylic acids is 1. The van der Waals surface area contributed by atoms with Gasteiger partial charge in [0.15, 0.2) is 6.04 Å². The fourth-order valence-corrected chi connectivity index (χ4v) is 2.54. The lowest BCUT2D eigenvalue weighted by molar-refractivity contribution is -0.139. The summed E-state index contributed by atoms with van der Waals surface area (Å²) in [6.45, 7) is 0.411. The number of nitrogens with one attached hydrogen (secondary N) is 1. The standard InChI is InChI=1S/C13H20N4O4/c1-16-7-9(6-14-16)11(12(19)20)15-13(21)17-5-3-2-4-10(17)8-18/h6-7,10-11,18H,2-5,8H2,1H3,(H,15,21)(H,19,20). The first-order valence-corrected chi connectivity index (χ1v) is 6.92. The SMILES string of the molecule is Cn1cc(C(NC(=O)N2CCCCC2CO)C(=O)O)cn1. The molecule has 0 aromatic carbocycles. The predicted octanol–water partition coefficient (Wildman–Crippen LogP) is 0.102. The maximum atomic E-state index is 12.3. The molecule has 8 heteroatoms. The summed E-state index contributed by atoms with van der Waals surface area (Å²) in [5, 5.41) is 25.0. The van der Waals surface area contributed by atoms with Crippen LogP contribution in [-0.2, 0) is 11.8 Å². The molecule has 2 atom stereocenters. The summed E-state index contributed by atoms with van der Waals surface area (Å²) in [4.78, 5) is 25.1. The van der Waals surface area contributed by atoms with Gasteiger partial charge in [-0.1, -0.05) is 0 Å². The van der Waals surface area contributed by atoms with Gasteiger partial charge in [0.25, 0.3) is 0 Å². The van der Waals surface area contributed by atoms with Crippen LogP contribution < -0.4 is 5.32 Å². The predicted molar refractivity (Wildman–Crippen MR) is 73.5 cm³/mol. The molecule has 1 aromatic rings. The zero-order valence-corrected chi connectivity index (χ0v) is 11.9. The van der Waals surface area contributed by atoms with Crippen molar-refractivity contribution in [2.75, 3.05) is 13.2 Å². The van der Waals surface area contributed by atoms with Crippen molar-refractivity contribution in [3.05, 3.63) is 18.0 Å². The van der Waals surface area contributed by atoms with Crippen molar-refractivity contribution < 1.29 is 19.8 Å². The van der Waals surface area contributed by atoms with Crippen LogP contribution in [0, 0.1) is 0 Å². The quantitative estimate of drug-likeness (QED) is 0.730. The molecule has 1 aliphatic heterocycles. The van der Waals surface area contributed by atoms with Crippen molar-refractivity contribution in [3.63, 3.8) is 0 Å². The molecular formula is C13H20N4O4. The second-order valence-electron chi connectivity index (χ2n) is 5.19. The van der Waals surface area contributed by atoms with Crippen LogP contribution in [0.3, 0.4) is 0 Å². The smallest absolute Gasteiger partial charge is 0.331 e. The number of carbonyl (C=O) groups excluding carboxylic acids is 1. The summed E-state index contributed by atoms with van der Waals surface area (Å²) in [6.07, 6.45) is 5.51. The molecular weight excluding hydrogens is 276 g/mol. The van der Waals surface area contributed by atoms with E-state index in [2.05, 4.69) is 10.4 Å². The molecule has 21 heavy (non-hydrogen) atoms. The lowest BCUT2D eigenvalue weighted by Gasteiger charge is -2.35. The van der Waals surface area contributed by atoms with E-state index >= 15 is 0 Å². The summed E-state index contributed by atoms with van der Waals surface area (Å²) >= 11 is 0. The van der Waals surface area contributed by atoms with Gasteiger partial charge in [0, 0.05) is 25.4 Å². The minimum absolute atomic E-state index is 0.113. The monoisotopic (exact) mass is 296 g/mol. The van der Waals surface area contributed by atoms with E-state index in [1.807, 2.05) is 0 Å². The van der Waals surface area contributed by atoms with Crippen molar-refractivity contribution in [2.24, 2.45) is 7.05 Å². The highest BCUT2D eigenvalue weighted by Gasteiger charge is 2.30. The normalized spacial score (nSPS) is 20.1. The fraction of sp³-hybridized carbons (Fsp3) is 0.615. The Morgan fingerprint density at radius 2 is 2.29 bits per heavy atom. The van der Waals surface area contributed by atoms with E-state index in [4.69, 9.17) is 0 Å². The van der Waals surface area contributed by atoms with Crippen LogP contribution in [0.15, 0.2) is 12.4 Å². The number of likely N-dealkylation sites (tertiary alicyclic amines) is 1. The first kappa shape index (κ1) is 15.3. The van der Waals surface area contributed by atoms with Crippen molar-refractivity contribution in [2.45, 2.75) is 31.3 Å². The zero-order chi connectivity index (χ0) is 15.4. The van der Waals surface area contributed by atoms with Gasteiger partial charge < -0.3 is 20.4 Å². The summed E-state index contributed by atoms with van der Waals surface area (Å²) in [5.41, 5.74) is 0.413. The third-order valence-corrected chi connectivity index (χ3v) is 3.67. The second kappa shape index (κ2) is 6.57. The van der Waals surface area contributed by atoms with E-state index in [9.17, 15) is 19.8 Å². The largest absolute Gasteiger partial charge is 0.479 e. The molecule has 2 heterocycles. The first-order chi connectivity index (χ1) is 10.0. The molecule has 2 rings (SSSR count). The van der Waals surface area contributed by atoms with Gasteiger partial charge in [-0.25, -0.2) is 9.59 Å². The lowest BCUT2D eigenvalue weighted by atomic mass is 10.0. The molecule has 0 aliphatic carbocycles. The molecule has 0 radical (unpaired) electrons. The van der Waals surface area contributed by atoms with Crippen LogP contribution in [-0.4, -0.2) is 56.1 Å². The van der Waals surface area contributed by atoms with Gasteiger partial charge in [0.05, 0.1) is 18.8 Å². The molecule has 1 aliphatic rings. The molecule has 8 nitrogen and oxygen atoms in total. The maximum absolute atomic E-state index is 12.3. The number of hydrogen-bond donors (Lipinski definition) is 3. The molecule has 0 saturated carbocycles. The van der Waals surface area contributed by atoms with E-state index in [0.717, 1.165) is 19.3 Å². The summed E-state index contributed by atoms with van der Waals surface area (Å²) in [5.74, 6) is -1.14. The summed E-state index contributed by atoms with van der Waals surface area (Å²) < 4.78 is 1.48. The number of aliphatic hydroxyl groups excluding tert-OH is 1. The number of hydrogen-bond acceptors (Lipinski definition) is 4. The minimum atomic E-state index is -1.15. The molecule has 1 saturated heterocycles. The van der Waals surface area contributed by atoms with Gasteiger partial charge in [-0.2, -0.15) is 5.10 Å². The molecule has 116 valence electrons. The Labute approximate surface area is 122 Å². The van der Waals surface area contributed by atoms with E-state index in [0.29, 0.717) is 12.1 Å². The number of amides is 2. The Hall–Kier alpha value is -2.09. The average molecular weight is 296 g/mol. The van der Waals surface area contributed by atoms with Crippen LogP contribution >= 0.6 is 0 Å². The molecule has 0 bridgehead atoms. The summed E-state index contributed by atoms with van der Waals surface area (Å²) in [7, 11) is 1.68. The van der Waals surface area contributed by atoms with Crippen molar-refractivity contribution in [1.82, 2.24) is 20.0 Å². The van der Waals surface area contributed by atoms with Crippen molar-refractivity contribution >= 4 is 12.0 Å². The molecule has 1 fully saturated rings. The number of aromatic nitrogens is 2. The Bertz CT molecular complexity index is 516. The Balaban J connectivity index is 2.09. The van der Waals surface area contributed by atoms with E-state index in [1.54, 1.807) is 13.2 Å². The zero-order valence-electron chi connectivity index (χ0n) is 11.9. The highest BCUT2D eigenvalue weighted by molar-refractivity contribution is 5.83.